The number of para-hydroxylation sites is 3. The summed E-state index contributed by atoms with van der Waals surface area (Å²) >= 11 is 0. The fourth-order valence-electron chi connectivity index (χ4n) is 11.0. The van der Waals surface area contributed by atoms with Gasteiger partial charge in [-0.3, -0.25) is 8.97 Å². The number of rotatable bonds is 2. The number of nitrogens with zero attached hydrogens (tertiary/aromatic N) is 4. The lowest BCUT2D eigenvalue weighted by Gasteiger charge is -2.30. The van der Waals surface area contributed by atoms with Gasteiger partial charge in [0.15, 0.2) is 0 Å². The van der Waals surface area contributed by atoms with Crippen LogP contribution < -0.4 is 0 Å². The van der Waals surface area contributed by atoms with Gasteiger partial charge in [0.1, 0.15) is 5.65 Å². The Labute approximate surface area is 338 Å². The lowest BCUT2D eigenvalue weighted by atomic mass is 9.70. The van der Waals surface area contributed by atoms with E-state index in [1.807, 2.05) is 0 Å². The third-order valence-corrected chi connectivity index (χ3v) is 13.3. The Bertz CT molecular complexity index is 3760. The number of benzene rings is 9. The molecule has 3 heterocycles. The van der Waals surface area contributed by atoms with Gasteiger partial charge in [0, 0.05) is 16.2 Å². The normalized spacial score (nSPS) is 13.6. The highest BCUT2D eigenvalue weighted by Gasteiger charge is 2.52. The molecule has 3 aromatic heterocycles. The van der Waals surface area contributed by atoms with Crippen LogP contribution >= 0.6 is 0 Å². The van der Waals surface area contributed by atoms with Crippen LogP contribution in [0.5, 0.6) is 0 Å². The predicted octanol–water partition coefficient (Wildman–Crippen LogP) is 13.3. The zero-order valence-electron chi connectivity index (χ0n) is 31.8. The summed E-state index contributed by atoms with van der Waals surface area (Å²) < 4.78 is 4.61. The molecule has 14 rings (SSSR count). The summed E-state index contributed by atoms with van der Waals surface area (Å²) in [5.74, 6) is 0.825. The molecule has 59 heavy (non-hydrogen) atoms. The summed E-state index contributed by atoms with van der Waals surface area (Å²) in [4.78, 5) is 10.7. The molecule has 0 unspecified atom stereocenters. The van der Waals surface area contributed by atoms with Gasteiger partial charge in [0.05, 0.1) is 33.0 Å². The van der Waals surface area contributed by atoms with Gasteiger partial charge in [-0.1, -0.05) is 152 Å². The Morgan fingerprint density at radius 1 is 0.390 bits per heavy atom. The Hall–Kier alpha value is -7.82. The van der Waals surface area contributed by atoms with Crippen LogP contribution in [0.15, 0.2) is 194 Å². The van der Waals surface area contributed by atoms with E-state index >= 15 is 0 Å². The molecule has 4 nitrogen and oxygen atoms in total. The van der Waals surface area contributed by atoms with Crippen molar-refractivity contribution in [3.05, 3.63) is 216 Å². The van der Waals surface area contributed by atoms with E-state index in [2.05, 4.69) is 203 Å². The summed E-state index contributed by atoms with van der Waals surface area (Å²) in [5, 5.41) is 5.88. The molecule has 0 N–H and O–H groups in total. The Morgan fingerprint density at radius 3 is 1.81 bits per heavy atom. The second-order valence-corrected chi connectivity index (χ2v) is 16.1. The third kappa shape index (κ3) is 3.84. The largest absolute Gasteiger partial charge is 0.279 e. The maximum absolute atomic E-state index is 5.46. The summed E-state index contributed by atoms with van der Waals surface area (Å²) in [6.07, 6.45) is 0. The fraction of sp³-hybridized carbons (Fsp3) is 0.0182. The lowest BCUT2D eigenvalue weighted by Crippen LogP contribution is -2.25. The first-order valence-electron chi connectivity index (χ1n) is 20.3. The molecule has 12 aromatic rings. The fourth-order valence-corrected chi connectivity index (χ4v) is 11.0. The first-order chi connectivity index (χ1) is 29.3. The molecular formula is C55H32N4. The van der Waals surface area contributed by atoms with Gasteiger partial charge in [-0.25, -0.2) is 9.97 Å². The van der Waals surface area contributed by atoms with Gasteiger partial charge in [0.2, 0.25) is 5.95 Å². The number of fused-ring (bicyclic) bond motifs is 20. The van der Waals surface area contributed by atoms with Crippen molar-refractivity contribution >= 4 is 60.2 Å². The van der Waals surface area contributed by atoms with E-state index < -0.39 is 5.41 Å². The minimum atomic E-state index is -0.397. The third-order valence-electron chi connectivity index (χ3n) is 13.3. The van der Waals surface area contributed by atoms with Crippen molar-refractivity contribution in [2.75, 3.05) is 0 Å². The van der Waals surface area contributed by atoms with Crippen molar-refractivity contribution in [1.29, 1.82) is 0 Å². The van der Waals surface area contributed by atoms with Crippen molar-refractivity contribution in [2.24, 2.45) is 0 Å². The Morgan fingerprint density at radius 2 is 1.00 bits per heavy atom. The van der Waals surface area contributed by atoms with Crippen molar-refractivity contribution in [3.8, 4) is 39.3 Å². The van der Waals surface area contributed by atoms with Crippen LogP contribution in [-0.4, -0.2) is 18.9 Å². The first kappa shape index (κ1) is 31.3. The van der Waals surface area contributed by atoms with Gasteiger partial charge in [-0.2, -0.15) is 0 Å². The molecule has 9 aromatic carbocycles. The SMILES string of the molecule is c1ccc2c(c1)-c1ccccc1C21c2ccccc2-c2c(-c3ccc4c(c3)c3c5ccccc5ccc3n4-c3nc4ccccc4c4nc5ccccc5n34)cccc21. The van der Waals surface area contributed by atoms with Gasteiger partial charge in [-0.15, -0.1) is 0 Å². The lowest BCUT2D eigenvalue weighted by molar-refractivity contribution is 0.794. The summed E-state index contributed by atoms with van der Waals surface area (Å²) in [7, 11) is 0. The molecule has 0 aliphatic heterocycles. The highest BCUT2D eigenvalue weighted by molar-refractivity contribution is 6.22. The number of aromatic nitrogens is 4. The second-order valence-electron chi connectivity index (χ2n) is 16.1. The minimum Gasteiger partial charge on any atom is -0.279 e. The Kier molecular flexibility index (Phi) is 5.93. The standard InChI is InChI=1S/C55H32N4/c1-2-15-35-33(14-1)28-31-50-52(35)41-32-34(29-30-48(41)58(50)54-57-46-25-10-6-19-40(46)53-56-47-26-11-12-27-49(47)59(53)54)36-20-13-24-45-51(36)39-18-5-9-23-44(39)55(45)42-21-7-3-16-37(42)38-17-4-8-22-43(38)55/h1-32H. The smallest absolute Gasteiger partial charge is 0.221 e. The van der Waals surface area contributed by atoms with Crippen molar-refractivity contribution < 1.29 is 0 Å². The summed E-state index contributed by atoms with van der Waals surface area (Å²) in [6.45, 7) is 0. The molecule has 2 aliphatic rings. The van der Waals surface area contributed by atoms with Crippen LogP contribution in [0.25, 0.3) is 99.5 Å². The zero-order chi connectivity index (χ0) is 38.4. The van der Waals surface area contributed by atoms with Gasteiger partial charge in [-0.05, 0) is 109 Å². The average Bonchev–Trinajstić information content (AvgIpc) is 4.03. The maximum atomic E-state index is 5.46. The zero-order valence-corrected chi connectivity index (χ0v) is 31.8. The van der Waals surface area contributed by atoms with E-state index in [0.29, 0.717) is 0 Å². The molecule has 0 amide bonds. The average molecular weight is 749 g/mol. The van der Waals surface area contributed by atoms with E-state index in [4.69, 9.17) is 9.97 Å². The van der Waals surface area contributed by atoms with E-state index in [1.54, 1.807) is 0 Å². The molecule has 2 aliphatic carbocycles. The van der Waals surface area contributed by atoms with E-state index in [-0.39, 0.29) is 0 Å². The molecule has 0 saturated heterocycles. The molecule has 0 radical (unpaired) electrons. The van der Waals surface area contributed by atoms with Crippen LogP contribution in [0, 0.1) is 0 Å². The molecule has 0 bridgehead atoms. The number of hydrogen-bond donors (Lipinski definition) is 0. The molecule has 4 heteroatoms. The summed E-state index contributed by atoms with van der Waals surface area (Å²) in [5.41, 5.74) is 18.7. The second kappa shape index (κ2) is 11.2. The van der Waals surface area contributed by atoms with Crippen LogP contribution in [0.1, 0.15) is 22.3 Å². The predicted molar refractivity (Wildman–Crippen MR) is 242 cm³/mol. The van der Waals surface area contributed by atoms with Crippen molar-refractivity contribution in [3.63, 3.8) is 0 Å². The highest BCUT2D eigenvalue weighted by Crippen LogP contribution is 2.64. The molecule has 1 spiro atoms. The van der Waals surface area contributed by atoms with Crippen molar-refractivity contribution in [2.45, 2.75) is 5.41 Å². The minimum absolute atomic E-state index is 0.397. The van der Waals surface area contributed by atoms with Gasteiger partial charge in [0.25, 0.3) is 0 Å². The van der Waals surface area contributed by atoms with Gasteiger partial charge < -0.3 is 0 Å². The van der Waals surface area contributed by atoms with Crippen LogP contribution in [0.3, 0.4) is 0 Å². The number of hydrogen-bond acceptors (Lipinski definition) is 2. The molecule has 0 saturated carbocycles. The maximum Gasteiger partial charge on any atom is 0.221 e. The van der Waals surface area contributed by atoms with Crippen LogP contribution in [-0.2, 0) is 5.41 Å². The number of imidazole rings is 1. The van der Waals surface area contributed by atoms with E-state index in [1.165, 1.54) is 77.2 Å². The van der Waals surface area contributed by atoms with Crippen LogP contribution in [0.2, 0.25) is 0 Å². The first-order valence-corrected chi connectivity index (χ1v) is 20.3. The summed E-state index contributed by atoms with van der Waals surface area (Å²) in [6, 6.07) is 71.2. The molecular weight excluding hydrogens is 717 g/mol. The molecule has 0 atom stereocenters. The van der Waals surface area contributed by atoms with Crippen molar-refractivity contribution in [1.82, 2.24) is 18.9 Å². The molecule has 0 fully saturated rings. The quantitative estimate of drug-likeness (QED) is 0.176. The van der Waals surface area contributed by atoms with E-state index in [0.717, 1.165) is 44.6 Å². The van der Waals surface area contributed by atoms with Crippen LogP contribution in [0.4, 0.5) is 0 Å². The van der Waals surface area contributed by atoms with E-state index in [9.17, 15) is 0 Å². The van der Waals surface area contributed by atoms with Gasteiger partial charge >= 0.3 is 0 Å². The Balaban J connectivity index is 1.09. The molecule has 272 valence electrons. The highest BCUT2D eigenvalue weighted by atomic mass is 15.2. The topological polar surface area (TPSA) is 35.1 Å². The monoisotopic (exact) mass is 748 g/mol.